The number of carbonyl (C=O) groups is 1. The van der Waals surface area contributed by atoms with Gasteiger partial charge in [-0.25, -0.2) is 4.99 Å². The van der Waals surface area contributed by atoms with Crippen LogP contribution in [0.3, 0.4) is 0 Å². The van der Waals surface area contributed by atoms with Crippen LogP contribution in [0.2, 0.25) is 0 Å². The number of piperazine rings is 1. The summed E-state index contributed by atoms with van der Waals surface area (Å²) in [5, 5.41) is 6.31. The van der Waals surface area contributed by atoms with Gasteiger partial charge in [0.05, 0.1) is 19.7 Å². The fraction of sp³-hybridized carbons (Fsp3) is 0.565. The second kappa shape index (κ2) is 14.3. The molecule has 1 amide bonds. The van der Waals surface area contributed by atoms with Crippen LogP contribution in [0.4, 0.5) is 5.69 Å². The van der Waals surface area contributed by atoms with Gasteiger partial charge in [0.25, 0.3) is 0 Å². The van der Waals surface area contributed by atoms with Crippen molar-refractivity contribution in [1.82, 2.24) is 20.4 Å². The summed E-state index contributed by atoms with van der Waals surface area (Å²) in [5.41, 5.74) is 2.46. The van der Waals surface area contributed by atoms with Crippen molar-refractivity contribution in [2.45, 2.75) is 13.5 Å². The molecule has 1 saturated heterocycles. The molecule has 3 rings (SSSR count). The van der Waals surface area contributed by atoms with E-state index >= 15 is 0 Å². The monoisotopic (exact) mass is 556 g/mol. The number of benzene rings is 1. The van der Waals surface area contributed by atoms with E-state index in [1.807, 2.05) is 0 Å². The quantitative estimate of drug-likeness (QED) is 0.158. The Kier molecular flexibility index (Phi) is 11.8. The lowest BCUT2D eigenvalue weighted by Gasteiger charge is -2.36. The van der Waals surface area contributed by atoms with E-state index < -0.39 is 0 Å². The van der Waals surface area contributed by atoms with Crippen molar-refractivity contribution in [2.24, 2.45) is 4.99 Å². The van der Waals surface area contributed by atoms with E-state index in [9.17, 15) is 4.79 Å². The lowest BCUT2D eigenvalue weighted by Crippen LogP contribution is -2.54. The molecule has 0 spiro atoms. The molecule has 2 aliphatic heterocycles. The molecule has 2 aliphatic rings. The van der Waals surface area contributed by atoms with Crippen LogP contribution in [0.15, 0.2) is 41.4 Å². The number of halogens is 1. The maximum Gasteiger partial charge on any atom is 0.234 e. The minimum atomic E-state index is 0. The van der Waals surface area contributed by atoms with E-state index in [1.165, 1.54) is 11.3 Å². The number of ether oxygens (including phenoxy) is 1. The van der Waals surface area contributed by atoms with Gasteiger partial charge in [-0.1, -0.05) is 24.3 Å². The van der Waals surface area contributed by atoms with Crippen molar-refractivity contribution < 1.29 is 9.53 Å². The Hall–Kier alpha value is -1.85. The smallest absolute Gasteiger partial charge is 0.234 e. The first-order chi connectivity index (χ1) is 15.2. The molecule has 2 heterocycles. The molecule has 1 aromatic rings. The molecule has 2 N–H and O–H groups in total. The van der Waals surface area contributed by atoms with Crippen molar-refractivity contribution in [3.63, 3.8) is 0 Å². The molecule has 1 fully saturated rings. The van der Waals surface area contributed by atoms with E-state index in [0.717, 1.165) is 51.8 Å². The van der Waals surface area contributed by atoms with Crippen LogP contribution in [0.1, 0.15) is 12.5 Å². The summed E-state index contributed by atoms with van der Waals surface area (Å²) in [6.45, 7) is 10.5. The fourth-order valence-electron chi connectivity index (χ4n) is 3.80. The largest absolute Gasteiger partial charge is 0.383 e. The molecule has 9 heteroatoms. The second-order valence-electron chi connectivity index (χ2n) is 7.82. The van der Waals surface area contributed by atoms with Gasteiger partial charge in [-0.05, 0) is 24.6 Å². The third-order valence-corrected chi connectivity index (χ3v) is 5.51. The van der Waals surface area contributed by atoms with Gasteiger partial charge in [0.2, 0.25) is 5.91 Å². The van der Waals surface area contributed by atoms with Crippen molar-refractivity contribution in [3.05, 3.63) is 42.0 Å². The van der Waals surface area contributed by atoms with Gasteiger partial charge in [0, 0.05) is 65.2 Å². The van der Waals surface area contributed by atoms with Crippen molar-refractivity contribution in [1.29, 1.82) is 0 Å². The summed E-state index contributed by atoms with van der Waals surface area (Å²) in [4.78, 5) is 23.7. The molecule has 0 aromatic heterocycles. The highest BCUT2D eigenvalue weighted by molar-refractivity contribution is 14.0. The Morgan fingerprint density at radius 3 is 2.56 bits per heavy atom. The first kappa shape index (κ1) is 26.4. The van der Waals surface area contributed by atoms with Gasteiger partial charge in [0.15, 0.2) is 5.96 Å². The van der Waals surface area contributed by atoms with Gasteiger partial charge in [-0.15, -0.1) is 24.0 Å². The number of amides is 1. The predicted molar refractivity (Wildman–Crippen MR) is 141 cm³/mol. The van der Waals surface area contributed by atoms with E-state index in [4.69, 9.17) is 9.73 Å². The van der Waals surface area contributed by atoms with Gasteiger partial charge >= 0.3 is 0 Å². The van der Waals surface area contributed by atoms with E-state index in [2.05, 4.69) is 68.7 Å². The zero-order valence-electron chi connectivity index (χ0n) is 19.3. The number of nitrogens with zero attached hydrogens (tertiary/aromatic N) is 4. The van der Waals surface area contributed by atoms with Crippen molar-refractivity contribution >= 4 is 41.5 Å². The number of hydrogen-bond donors (Lipinski definition) is 2. The zero-order valence-corrected chi connectivity index (χ0v) is 21.6. The molecular weight excluding hydrogens is 519 g/mol. The normalized spacial score (nSPS) is 16.8. The average molecular weight is 556 g/mol. The number of rotatable bonds is 9. The van der Waals surface area contributed by atoms with Crippen molar-refractivity contribution in [2.75, 3.05) is 77.5 Å². The standard InChI is InChI=1S/C23H36N6O2.HI/c1-3-24-23(26-18-20-7-6-8-21(17-20)28-10-4-5-11-28)29-14-12-27(13-15-29)19-22(30)25-9-16-31-2;/h4-8,17H,3,9-16,18-19H2,1-2H3,(H,24,26)(H,25,30);1H. The highest BCUT2D eigenvalue weighted by Gasteiger charge is 2.21. The molecular formula is C23H37IN6O2. The average Bonchev–Trinajstić information content (AvgIpc) is 3.33. The summed E-state index contributed by atoms with van der Waals surface area (Å²) in [7, 11) is 1.64. The van der Waals surface area contributed by atoms with E-state index in [-0.39, 0.29) is 29.9 Å². The number of hydrogen-bond acceptors (Lipinski definition) is 5. The number of anilines is 1. The van der Waals surface area contributed by atoms with Gasteiger partial charge in [-0.3, -0.25) is 9.69 Å². The molecule has 1 aromatic carbocycles. The minimum Gasteiger partial charge on any atom is -0.383 e. The first-order valence-corrected chi connectivity index (χ1v) is 11.2. The molecule has 0 atom stereocenters. The summed E-state index contributed by atoms with van der Waals surface area (Å²) < 4.78 is 4.97. The Bertz CT molecular complexity index is 757. The zero-order chi connectivity index (χ0) is 21.9. The summed E-state index contributed by atoms with van der Waals surface area (Å²) >= 11 is 0. The third-order valence-electron chi connectivity index (χ3n) is 5.51. The minimum absolute atomic E-state index is 0. The number of guanidine groups is 1. The molecule has 32 heavy (non-hydrogen) atoms. The van der Waals surface area contributed by atoms with Crippen LogP contribution in [0.25, 0.3) is 0 Å². The molecule has 8 nitrogen and oxygen atoms in total. The van der Waals surface area contributed by atoms with Crippen LogP contribution in [-0.4, -0.2) is 94.3 Å². The van der Waals surface area contributed by atoms with Crippen LogP contribution in [0.5, 0.6) is 0 Å². The summed E-state index contributed by atoms with van der Waals surface area (Å²) in [6.07, 6.45) is 4.41. The highest BCUT2D eigenvalue weighted by atomic mass is 127. The molecule has 0 bridgehead atoms. The van der Waals surface area contributed by atoms with Crippen molar-refractivity contribution in [3.8, 4) is 0 Å². The summed E-state index contributed by atoms with van der Waals surface area (Å²) in [5.74, 6) is 0.999. The maximum absolute atomic E-state index is 12.0. The number of methoxy groups -OCH3 is 1. The van der Waals surface area contributed by atoms with Gasteiger partial charge in [-0.2, -0.15) is 0 Å². The number of aliphatic imine (C=N–C) groups is 1. The SMILES string of the molecule is CCNC(=NCc1cccc(N2CC=CC2)c1)N1CCN(CC(=O)NCCOC)CC1.I. The molecule has 0 aliphatic carbocycles. The third kappa shape index (κ3) is 8.25. The topological polar surface area (TPSA) is 72.4 Å². The Morgan fingerprint density at radius 2 is 1.88 bits per heavy atom. The highest BCUT2D eigenvalue weighted by Crippen LogP contribution is 2.19. The van der Waals surface area contributed by atoms with Crippen LogP contribution >= 0.6 is 24.0 Å². The van der Waals surface area contributed by atoms with Crippen LogP contribution in [-0.2, 0) is 16.1 Å². The Balaban J connectivity index is 0.00000363. The lowest BCUT2D eigenvalue weighted by molar-refractivity contribution is -0.122. The number of carbonyl (C=O) groups excluding carboxylic acids is 1. The fourth-order valence-corrected chi connectivity index (χ4v) is 3.80. The second-order valence-corrected chi connectivity index (χ2v) is 7.82. The van der Waals surface area contributed by atoms with E-state index in [0.29, 0.717) is 26.2 Å². The van der Waals surface area contributed by atoms with Gasteiger partial charge < -0.3 is 25.2 Å². The molecule has 178 valence electrons. The predicted octanol–water partition coefficient (Wildman–Crippen LogP) is 1.53. The van der Waals surface area contributed by atoms with E-state index in [1.54, 1.807) is 7.11 Å². The molecule has 0 radical (unpaired) electrons. The van der Waals surface area contributed by atoms with Gasteiger partial charge in [0.1, 0.15) is 0 Å². The Morgan fingerprint density at radius 1 is 1.12 bits per heavy atom. The molecule has 0 unspecified atom stereocenters. The number of nitrogens with one attached hydrogen (secondary N) is 2. The lowest BCUT2D eigenvalue weighted by atomic mass is 10.2. The van der Waals surface area contributed by atoms with Crippen LogP contribution in [0, 0.1) is 0 Å². The van der Waals surface area contributed by atoms with Crippen LogP contribution < -0.4 is 15.5 Å². The first-order valence-electron chi connectivity index (χ1n) is 11.2. The summed E-state index contributed by atoms with van der Waals surface area (Å²) in [6, 6.07) is 8.65. The maximum atomic E-state index is 12.0. The molecule has 0 saturated carbocycles. The Labute approximate surface area is 209 Å².